The quantitative estimate of drug-likeness (QED) is 0.563. The Morgan fingerprint density at radius 2 is 1.97 bits per heavy atom. The predicted molar refractivity (Wildman–Crippen MR) is 131 cm³/mol. The molecule has 5 rings (SSSR count). The summed E-state index contributed by atoms with van der Waals surface area (Å²) in [6.07, 6.45) is 2.23. The third kappa shape index (κ3) is 4.82. The summed E-state index contributed by atoms with van der Waals surface area (Å²) in [5.74, 6) is 1.41. The topological polar surface area (TPSA) is 66.8 Å². The van der Waals surface area contributed by atoms with E-state index in [2.05, 4.69) is 65.7 Å². The van der Waals surface area contributed by atoms with Crippen LogP contribution in [0.4, 0.5) is 11.5 Å². The van der Waals surface area contributed by atoms with Crippen LogP contribution in [-0.2, 0) is 11.2 Å². The second-order valence-corrected chi connectivity index (χ2v) is 8.69. The highest BCUT2D eigenvalue weighted by Gasteiger charge is 2.22. The number of anilines is 2. The van der Waals surface area contributed by atoms with Gasteiger partial charge in [-0.05, 0) is 65.8 Å². The van der Waals surface area contributed by atoms with Crippen LogP contribution in [-0.4, -0.2) is 49.6 Å². The molecule has 6 nitrogen and oxygen atoms in total. The molecule has 1 unspecified atom stereocenters. The first-order valence-electron chi connectivity index (χ1n) is 11.7. The summed E-state index contributed by atoms with van der Waals surface area (Å²) in [5, 5.41) is 13.0. The Kier molecular flexibility index (Phi) is 6.46. The second-order valence-electron chi connectivity index (χ2n) is 8.69. The molecule has 0 bridgehead atoms. The number of hydrogen-bond donors (Lipinski definition) is 2. The fraction of sp³-hybridized carbons (Fsp3) is 0.370. The highest BCUT2D eigenvalue weighted by molar-refractivity contribution is 5.74. The zero-order chi connectivity index (χ0) is 22.6. The standard InChI is InChI=1S/C27H31N3O3/c1-19-6-8-22(28-25-9-7-20-4-2-3-5-23(20)25)18-24(19)21-16-26(30-10-13-32-14-11-30)29-27(17-21)33-15-12-31/h2-6,8,16-18,25,28,31H,7,9-15H2,1H3. The molecule has 2 heterocycles. The first kappa shape index (κ1) is 21.7. The van der Waals surface area contributed by atoms with Crippen LogP contribution in [0.1, 0.15) is 29.2 Å². The fourth-order valence-corrected chi connectivity index (χ4v) is 4.76. The summed E-state index contributed by atoms with van der Waals surface area (Å²) in [4.78, 5) is 6.93. The van der Waals surface area contributed by atoms with E-state index in [0.29, 0.717) is 25.1 Å². The lowest BCUT2D eigenvalue weighted by atomic mass is 9.99. The van der Waals surface area contributed by atoms with Gasteiger partial charge in [-0.2, -0.15) is 4.98 Å². The van der Waals surface area contributed by atoms with Gasteiger partial charge in [-0.3, -0.25) is 0 Å². The molecule has 3 aromatic rings. The average Bonchev–Trinajstić information content (AvgIpc) is 3.27. The lowest BCUT2D eigenvalue weighted by Gasteiger charge is -2.28. The van der Waals surface area contributed by atoms with Crippen LogP contribution in [0, 0.1) is 6.92 Å². The molecule has 1 aliphatic heterocycles. The van der Waals surface area contributed by atoms with Crippen LogP contribution in [0.2, 0.25) is 0 Å². The monoisotopic (exact) mass is 445 g/mol. The van der Waals surface area contributed by atoms with Crippen molar-refractivity contribution in [2.75, 3.05) is 49.7 Å². The number of aromatic nitrogens is 1. The molecule has 2 N–H and O–H groups in total. The van der Waals surface area contributed by atoms with Crippen LogP contribution in [0.25, 0.3) is 11.1 Å². The van der Waals surface area contributed by atoms with Gasteiger partial charge in [0, 0.05) is 24.8 Å². The van der Waals surface area contributed by atoms with E-state index in [0.717, 1.165) is 48.6 Å². The van der Waals surface area contributed by atoms with Crippen molar-refractivity contribution in [2.24, 2.45) is 0 Å². The van der Waals surface area contributed by atoms with E-state index in [1.54, 1.807) is 0 Å². The summed E-state index contributed by atoms with van der Waals surface area (Å²) in [6.45, 7) is 5.31. The van der Waals surface area contributed by atoms with Gasteiger partial charge in [-0.15, -0.1) is 0 Å². The first-order chi connectivity index (χ1) is 16.2. The van der Waals surface area contributed by atoms with Crippen molar-refractivity contribution in [1.29, 1.82) is 0 Å². The van der Waals surface area contributed by atoms with Crippen molar-refractivity contribution in [3.8, 4) is 17.0 Å². The van der Waals surface area contributed by atoms with Crippen molar-refractivity contribution in [1.82, 2.24) is 4.98 Å². The molecule has 0 amide bonds. The number of morpholine rings is 1. The molecule has 2 aliphatic rings. The Morgan fingerprint density at radius 3 is 2.82 bits per heavy atom. The highest BCUT2D eigenvalue weighted by Crippen LogP contribution is 2.36. The molecule has 1 aromatic heterocycles. The van der Waals surface area contributed by atoms with Crippen molar-refractivity contribution in [3.63, 3.8) is 0 Å². The molecule has 6 heteroatoms. The Bertz CT molecular complexity index is 1110. The highest BCUT2D eigenvalue weighted by atomic mass is 16.5. The number of aliphatic hydroxyl groups is 1. The van der Waals surface area contributed by atoms with E-state index in [9.17, 15) is 5.11 Å². The smallest absolute Gasteiger partial charge is 0.215 e. The van der Waals surface area contributed by atoms with Crippen LogP contribution >= 0.6 is 0 Å². The maximum absolute atomic E-state index is 9.23. The summed E-state index contributed by atoms with van der Waals surface area (Å²) >= 11 is 0. The largest absolute Gasteiger partial charge is 0.475 e. The predicted octanol–water partition coefficient (Wildman–Crippen LogP) is 4.36. The number of hydrogen-bond acceptors (Lipinski definition) is 6. The van der Waals surface area contributed by atoms with Gasteiger partial charge < -0.3 is 24.8 Å². The van der Waals surface area contributed by atoms with Crippen molar-refractivity contribution < 1.29 is 14.6 Å². The van der Waals surface area contributed by atoms with Gasteiger partial charge in [0.15, 0.2) is 0 Å². The van der Waals surface area contributed by atoms with E-state index in [1.165, 1.54) is 16.7 Å². The number of ether oxygens (including phenoxy) is 2. The molecule has 1 aliphatic carbocycles. The third-order valence-corrected chi connectivity index (χ3v) is 6.49. The average molecular weight is 446 g/mol. The van der Waals surface area contributed by atoms with E-state index in [4.69, 9.17) is 14.5 Å². The van der Waals surface area contributed by atoms with E-state index >= 15 is 0 Å². The SMILES string of the molecule is Cc1ccc(NC2CCc3ccccc32)cc1-c1cc(OCCO)nc(N2CCOCC2)c1. The Balaban J connectivity index is 1.46. The molecule has 2 aromatic carbocycles. The maximum atomic E-state index is 9.23. The normalized spacial score (nSPS) is 17.6. The lowest BCUT2D eigenvalue weighted by Crippen LogP contribution is -2.36. The molecule has 1 saturated heterocycles. The van der Waals surface area contributed by atoms with Crippen LogP contribution in [0.3, 0.4) is 0 Å². The summed E-state index contributed by atoms with van der Waals surface area (Å²) in [7, 11) is 0. The number of rotatable bonds is 7. The van der Waals surface area contributed by atoms with Crippen molar-refractivity contribution in [2.45, 2.75) is 25.8 Å². The van der Waals surface area contributed by atoms with Gasteiger partial charge in [0.2, 0.25) is 5.88 Å². The lowest BCUT2D eigenvalue weighted by molar-refractivity contribution is 0.122. The van der Waals surface area contributed by atoms with E-state index in [1.807, 2.05) is 6.07 Å². The molecule has 0 saturated carbocycles. The minimum Gasteiger partial charge on any atom is -0.475 e. The second kappa shape index (κ2) is 9.81. The summed E-state index contributed by atoms with van der Waals surface area (Å²) in [5.41, 5.74) is 7.36. The molecule has 0 radical (unpaired) electrons. The Labute approximate surface area is 195 Å². The van der Waals surface area contributed by atoms with Crippen molar-refractivity contribution in [3.05, 3.63) is 71.3 Å². The fourth-order valence-electron chi connectivity index (χ4n) is 4.76. The van der Waals surface area contributed by atoms with Gasteiger partial charge >= 0.3 is 0 Å². The summed E-state index contributed by atoms with van der Waals surface area (Å²) < 4.78 is 11.2. The number of fused-ring (bicyclic) bond motifs is 1. The number of aryl methyl sites for hydroxylation is 2. The number of benzene rings is 2. The third-order valence-electron chi connectivity index (χ3n) is 6.49. The van der Waals surface area contributed by atoms with Gasteiger partial charge in [-0.1, -0.05) is 30.3 Å². The molecule has 172 valence electrons. The zero-order valence-corrected chi connectivity index (χ0v) is 19.1. The van der Waals surface area contributed by atoms with Gasteiger partial charge in [-0.25, -0.2) is 0 Å². The van der Waals surface area contributed by atoms with E-state index < -0.39 is 0 Å². The van der Waals surface area contributed by atoms with Gasteiger partial charge in [0.25, 0.3) is 0 Å². The minimum absolute atomic E-state index is 0.0416. The minimum atomic E-state index is -0.0416. The van der Waals surface area contributed by atoms with Crippen LogP contribution in [0.5, 0.6) is 5.88 Å². The van der Waals surface area contributed by atoms with Gasteiger partial charge in [0.05, 0.1) is 25.9 Å². The molecule has 1 atom stereocenters. The number of pyridine rings is 1. The Morgan fingerprint density at radius 1 is 1.12 bits per heavy atom. The first-order valence-corrected chi connectivity index (χ1v) is 11.7. The van der Waals surface area contributed by atoms with E-state index in [-0.39, 0.29) is 13.2 Å². The maximum Gasteiger partial charge on any atom is 0.215 e. The van der Waals surface area contributed by atoms with Crippen LogP contribution in [0.15, 0.2) is 54.6 Å². The number of nitrogens with zero attached hydrogens (tertiary/aromatic N) is 2. The van der Waals surface area contributed by atoms with Crippen molar-refractivity contribution >= 4 is 11.5 Å². The number of nitrogens with one attached hydrogen (secondary N) is 1. The summed E-state index contributed by atoms with van der Waals surface area (Å²) in [6, 6.07) is 19.7. The van der Waals surface area contributed by atoms with Crippen LogP contribution < -0.4 is 15.0 Å². The zero-order valence-electron chi connectivity index (χ0n) is 19.1. The molecule has 0 spiro atoms. The molecule has 1 fully saturated rings. The van der Waals surface area contributed by atoms with Gasteiger partial charge in [0.1, 0.15) is 12.4 Å². The molecular formula is C27H31N3O3. The number of aliphatic hydroxyl groups excluding tert-OH is 1. The molecule has 33 heavy (non-hydrogen) atoms. The Hall–Kier alpha value is -3.09. The molecular weight excluding hydrogens is 414 g/mol.